The highest BCUT2D eigenvalue weighted by molar-refractivity contribution is 5.92. The molecule has 0 saturated carbocycles. The highest BCUT2D eigenvalue weighted by atomic mass is 16.3. The molecular weight excluding hydrogens is 322 g/mol. The van der Waals surface area contributed by atoms with Crippen LogP contribution in [0.1, 0.15) is 23.0 Å². The summed E-state index contributed by atoms with van der Waals surface area (Å²) >= 11 is 0. The number of carbonyl (C=O) groups excluding carboxylic acids is 1. The number of likely N-dealkylation sites (N-methyl/N-ethyl adjacent to an activating group) is 1. The van der Waals surface area contributed by atoms with E-state index in [4.69, 9.17) is 0 Å². The van der Waals surface area contributed by atoms with Gasteiger partial charge in [0.1, 0.15) is 5.69 Å². The predicted molar refractivity (Wildman–Crippen MR) is 90.9 cm³/mol. The maximum Gasteiger partial charge on any atom is 0.274 e. The third-order valence-electron chi connectivity index (χ3n) is 4.45. The standard InChI is InChI=1S/C17H21N5O3/c1-2-21(9-12-5-7-18-8-6-12)14-10-22(11-15(14)23)17(25)13-3-4-16(24)20-19-13/h3-8,14-15,23H,2,9-11H2,1H3,(H,20,24)/t14-,15-/m1/s1. The Kier molecular flexibility index (Phi) is 5.20. The fourth-order valence-corrected chi connectivity index (χ4v) is 3.11. The molecule has 132 valence electrons. The molecule has 0 bridgehead atoms. The van der Waals surface area contributed by atoms with Gasteiger partial charge < -0.3 is 10.0 Å². The monoisotopic (exact) mass is 343 g/mol. The number of likely N-dealkylation sites (tertiary alicyclic amines) is 1. The van der Waals surface area contributed by atoms with Gasteiger partial charge in [0, 0.05) is 38.1 Å². The van der Waals surface area contributed by atoms with Crippen molar-refractivity contribution < 1.29 is 9.90 Å². The highest BCUT2D eigenvalue weighted by Gasteiger charge is 2.37. The Morgan fingerprint density at radius 3 is 2.72 bits per heavy atom. The van der Waals surface area contributed by atoms with Crippen molar-refractivity contribution in [3.63, 3.8) is 0 Å². The van der Waals surface area contributed by atoms with E-state index in [1.165, 1.54) is 12.1 Å². The molecule has 0 aromatic carbocycles. The first kappa shape index (κ1) is 17.2. The topological polar surface area (TPSA) is 102 Å². The molecule has 2 aromatic heterocycles. The van der Waals surface area contributed by atoms with E-state index in [-0.39, 0.29) is 29.7 Å². The molecule has 2 atom stereocenters. The minimum Gasteiger partial charge on any atom is -0.390 e. The molecule has 3 heterocycles. The Morgan fingerprint density at radius 2 is 2.08 bits per heavy atom. The first-order chi connectivity index (χ1) is 12.1. The molecule has 0 unspecified atom stereocenters. The van der Waals surface area contributed by atoms with Crippen molar-refractivity contribution in [2.45, 2.75) is 25.6 Å². The lowest BCUT2D eigenvalue weighted by molar-refractivity contribution is 0.0752. The second kappa shape index (κ2) is 7.54. The molecule has 1 aliphatic heterocycles. The summed E-state index contributed by atoms with van der Waals surface area (Å²) in [5.41, 5.74) is 0.922. The molecule has 1 amide bonds. The smallest absolute Gasteiger partial charge is 0.274 e. The fraction of sp³-hybridized carbons (Fsp3) is 0.412. The Balaban J connectivity index is 1.70. The SMILES string of the molecule is CCN(Cc1ccncc1)[C@@H]1CN(C(=O)c2ccc(=O)[nH]n2)C[C@H]1O. The van der Waals surface area contributed by atoms with Crippen molar-refractivity contribution in [1.29, 1.82) is 0 Å². The second-order valence-corrected chi connectivity index (χ2v) is 6.07. The lowest BCUT2D eigenvalue weighted by atomic mass is 10.1. The number of β-amino-alcohol motifs (C(OH)–C–C–N with tert-alkyl or cyclic N) is 1. The molecule has 1 fully saturated rings. The van der Waals surface area contributed by atoms with Gasteiger partial charge in [0.25, 0.3) is 11.5 Å². The first-order valence-corrected chi connectivity index (χ1v) is 8.24. The predicted octanol–water partition coefficient (Wildman–Crippen LogP) is -0.128. The summed E-state index contributed by atoms with van der Waals surface area (Å²) in [5.74, 6) is -0.294. The number of hydrogen-bond acceptors (Lipinski definition) is 6. The Morgan fingerprint density at radius 1 is 1.32 bits per heavy atom. The lowest BCUT2D eigenvalue weighted by Gasteiger charge is -2.29. The van der Waals surface area contributed by atoms with E-state index in [0.717, 1.165) is 12.1 Å². The molecule has 2 N–H and O–H groups in total. The van der Waals surface area contributed by atoms with Crippen LogP contribution in [0.5, 0.6) is 0 Å². The first-order valence-electron chi connectivity index (χ1n) is 8.24. The summed E-state index contributed by atoms with van der Waals surface area (Å²) < 4.78 is 0. The van der Waals surface area contributed by atoms with Crippen molar-refractivity contribution in [2.24, 2.45) is 0 Å². The number of H-pyrrole nitrogens is 1. The third kappa shape index (κ3) is 3.92. The van der Waals surface area contributed by atoms with Crippen LogP contribution in [-0.2, 0) is 6.54 Å². The van der Waals surface area contributed by atoms with Crippen molar-refractivity contribution in [2.75, 3.05) is 19.6 Å². The number of aliphatic hydroxyl groups excluding tert-OH is 1. The van der Waals surface area contributed by atoms with Crippen LogP contribution in [0.2, 0.25) is 0 Å². The van der Waals surface area contributed by atoms with Crippen LogP contribution in [0.25, 0.3) is 0 Å². The second-order valence-electron chi connectivity index (χ2n) is 6.07. The fourth-order valence-electron chi connectivity index (χ4n) is 3.11. The van der Waals surface area contributed by atoms with Gasteiger partial charge in [-0.3, -0.25) is 19.5 Å². The summed E-state index contributed by atoms with van der Waals surface area (Å²) in [4.78, 5) is 31.3. The van der Waals surface area contributed by atoms with E-state index < -0.39 is 6.10 Å². The minimum absolute atomic E-state index is 0.148. The summed E-state index contributed by atoms with van der Waals surface area (Å²) in [6, 6.07) is 6.40. The Hall–Kier alpha value is -2.58. The van der Waals surface area contributed by atoms with Gasteiger partial charge >= 0.3 is 0 Å². The number of nitrogens with one attached hydrogen (secondary N) is 1. The Bertz CT molecular complexity index is 759. The van der Waals surface area contributed by atoms with Gasteiger partial charge in [0.05, 0.1) is 12.1 Å². The number of pyridine rings is 1. The quantitative estimate of drug-likeness (QED) is 0.784. The summed E-state index contributed by atoms with van der Waals surface area (Å²) in [6.07, 6.45) is 2.85. The van der Waals surface area contributed by atoms with Crippen molar-refractivity contribution in [3.8, 4) is 0 Å². The Labute approximate surface area is 145 Å². The molecule has 1 aliphatic rings. The molecule has 0 spiro atoms. The highest BCUT2D eigenvalue weighted by Crippen LogP contribution is 2.20. The zero-order chi connectivity index (χ0) is 17.8. The van der Waals surface area contributed by atoms with Crippen LogP contribution in [0.4, 0.5) is 0 Å². The van der Waals surface area contributed by atoms with E-state index in [2.05, 4.69) is 20.1 Å². The van der Waals surface area contributed by atoms with Crippen LogP contribution in [0, 0.1) is 0 Å². The molecule has 3 rings (SSSR count). The van der Waals surface area contributed by atoms with Crippen molar-refractivity contribution in [3.05, 3.63) is 58.3 Å². The van der Waals surface area contributed by atoms with Crippen LogP contribution in [0.3, 0.4) is 0 Å². The van der Waals surface area contributed by atoms with Gasteiger partial charge in [-0.1, -0.05) is 6.92 Å². The number of aromatic nitrogens is 3. The van der Waals surface area contributed by atoms with Crippen LogP contribution in [-0.4, -0.2) is 67.8 Å². The number of carbonyl (C=O) groups is 1. The van der Waals surface area contributed by atoms with Gasteiger partial charge in [-0.25, -0.2) is 5.10 Å². The van der Waals surface area contributed by atoms with E-state index >= 15 is 0 Å². The maximum atomic E-state index is 12.5. The van der Waals surface area contributed by atoms with E-state index in [1.807, 2.05) is 19.1 Å². The van der Waals surface area contributed by atoms with E-state index in [9.17, 15) is 14.7 Å². The van der Waals surface area contributed by atoms with Gasteiger partial charge in [0.2, 0.25) is 0 Å². The molecule has 0 radical (unpaired) electrons. The number of rotatable bonds is 5. The number of nitrogens with zero attached hydrogens (tertiary/aromatic N) is 4. The number of aromatic amines is 1. The van der Waals surface area contributed by atoms with Crippen LogP contribution < -0.4 is 5.56 Å². The molecule has 0 aliphatic carbocycles. The molecule has 8 heteroatoms. The average molecular weight is 343 g/mol. The molecule has 2 aromatic rings. The van der Waals surface area contributed by atoms with Gasteiger partial charge in [0.15, 0.2) is 0 Å². The largest absolute Gasteiger partial charge is 0.390 e. The van der Waals surface area contributed by atoms with E-state index in [0.29, 0.717) is 13.1 Å². The van der Waals surface area contributed by atoms with Crippen LogP contribution >= 0.6 is 0 Å². The number of hydrogen-bond donors (Lipinski definition) is 2. The maximum absolute atomic E-state index is 12.5. The average Bonchev–Trinajstić information content (AvgIpc) is 3.02. The van der Waals surface area contributed by atoms with Crippen molar-refractivity contribution >= 4 is 5.91 Å². The molecule has 25 heavy (non-hydrogen) atoms. The van der Waals surface area contributed by atoms with E-state index in [1.54, 1.807) is 17.3 Å². The zero-order valence-electron chi connectivity index (χ0n) is 14.0. The minimum atomic E-state index is -0.631. The number of amides is 1. The van der Waals surface area contributed by atoms with Gasteiger partial charge in [-0.2, -0.15) is 5.10 Å². The van der Waals surface area contributed by atoms with Crippen molar-refractivity contribution in [1.82, 2.24) is 25.0 Å². The normalized spacial score (nSPS) is 20.2. The van der Waals surface area contributed by atoms with Gasteiger partial charge in [-0.05, 0) is 30.3 Å². The molecular formula is C17H21N5O3. The van der Waals surface area contributed by atoms with Crippen LogP contribution in [0.15, 0.2) is 41.5 Å². The lowest BCUT2D eigenvalue weighted by Crippen LogP contribution is -2.43. The molecule has 1 saturated heterocycles. The van der Waals surface area contributed by atoms with Gasteiger partial charge in [-0.15, -0.1) is 0 Å². The summed E-state index contributed by atoms with van der Waals surface area (Å²) in [7, 11) is 0. The summed E-state index contributed by atoms with van der Waals surface area (Å²) in [6.45, 7) is 4.13. The summed E-state index contributed by atoms with van der Waals surface area (Å²) in [5, 5.41) is 16.5. The molecule has 8 nitrogen and oxygen atoms in total. The third-order valence-corrected chi connectivity index (χ3v) is 4.45. The zero-order valence-corrected chi connectivity index (χ0v) is 14.0. The number of aliphatic hydroxyl groups is 1.